The molecule has 1 aliphatic heterocycles. The molecule has 2 saturated carbocycles. The molecule has 2 amide bonds. The Labute approximate surface area is 206 Å². The third-order valence-electron chi connectivity index (χ3n) is 7.29. The minimum atomic E-state index is -0.321. The van der Waals surface area contributed by atoms with Gasteiger partial charge in [0.1, 0.15) is 6.54 Å². The zero-order valence-electron chi connectivity index (χ0n) is 18.7. The second-order valence-electron chi connectivity index (χ2n) is 9.56. The van der Waals surface area contributed by atoms with Gasteiger partial charge in [-0.05, 0) is 62.1 Å². The number of halogens is 1. The lowest BCUT2D eigenvalue weighted by molar-refractivity contribution is -0.138. The first-order valence-corrected chi connectivity index (χ1v) is 13.2. The molecule has 6 rings (SSSR count). The van der Waals surface area contributed by atoms with Gasteiger partial charge in [0.2, 0.25) is 5.91 Å². The predicted octanol–water partition coefficient (Wildman–Crippen LogP) is 3.58. The maximum absolute atomic E-state index is 13.4. The van der Waals surface area contributed by atoms with Gasteiger partial charge in [0.15, 0.2) is 5.69 Å². The molecule has 0 unspecified atom stereocenters. The highest BCUT2D eigenvalue weighted by Crippen LogP contribution is 2.42. The van der Waals surface area contributed by atoms with Crippen LogP contribution in [-0.4, -0.2) is 73.1 Å². The monoisotopic (exact) mass is 499 g/mol. The van der Waals surface area contributed by atoms with Crippen LogP contribution in [0.4, 0.5) is 0 Å². The van der Waals surface area contributed by atoms with E-state index in [1.807, 2.05) is 16.3 Å². The number of hydrogen-bond donors (Lipinski definition) is 1. The van der Waals surface area contributed by atoms with Crippen molar-refractivity contribution < 1.29 is 14.7 Å². The highest BCUT2D eigenvalue weighted by molar-refractivity contribution is 7.07. The fourth-order valence-corrected chi connectivity index (χ4v) is 6.01. The van der Waals surface area contributed by atoms with Crippen LogP contribution in [0.5, 0.6) is 0 Å². The number of pyridine rings is 1. The van der Waals surface area contributed by atoms with Crippen LogP contribution >= 0.6 is 22.9 Å². The normalized spacial score (nSPS) is 23.6. The van der Waals surface area contributed by atoms with E-state index in [4.69, 9.17) is 11.6 Å². The quantitative estimate of drug-likeness (QED) is 0.592. The van der Waals surface area contributed by atoms with Crippen molar-refractivity contribution in [1.29, 1.82) is 0 Å². The zero-order chi connectivity index (χ0) is 23.4. The van der Waals surface area contributed by atoms with E-state index in [9.17, 15) is 14.7 Å². The average Bonchev–Trinajstić information content (AvgIpc) is 3.45. The van der Waals surface area contributed by atoms with Crippen molar-refractivity contribution in [2.24, 2.45) is 0 Å². The first kappa shape index (κ1) is 22.0. The molecular weight excluding hydrogens is 474 g/mol. The van der Waals surface area contributed by atoms with Gasteiger partial charge in [0, 0.05) is 24.5 Å². The number of aromatic nitrogens is 3. The number of carbonyl (C=O) groups excluding carboxylic acids is 2. The lowest BCUT2D eigenvalue weighted by atomic mass is 9.91. The van der Waals surface area contributed by atoms with Crippen LogP contribution < -0.4 is 0 Å². The third kappa shape index (κ3) is 3.89. The van der Waals surface area contributed by atoms with Gasteiger partial charge in [0.25, 0.3) is 5.91 Å². The van der Waals surface area contributed by atoms with Gasteiger partial charge < -0.3 is 14.9 Å². The molecule has 4 heterocycles. The molecule has 0 radical (unpaired) electrons. The average molecular weight is 500 g/mol. The SMILES string of the molecule is O=C(c1nn2c(-c3cscn3)cc(C3CC3)cc2c1Cl)N1CCN([C@H]2CC[C@H](O)CC2)C(=O)C1. The Kier molecular flexibility index (Phi) is 5.58. The van der Waals surface area contributed by atoms with Crippen molar-refractivity contribution in [3.05, 3.63) is 39.3 Å². The molecule has 1 saturated heterocycles. The van der Waals surface area contributed by atoms with Gasteiger partial charge in [-0.1, -0.05) is 11.6 Å². The van der Waals surface area contributed by atoms with E-state index in [-0.39, 0.29) is 36.2 Å². The van der Waals surface area contributed by atoms with E-state index in [0.29, 0.717) is 29.5 Å². The Hall–Kier alpha value is -2.49. The number of rotatable bonds is 4. The summed E-state index contributed by atoms with van der Waals surface area (Å²) in [4.78, 5) is 34.2. The summed E-state index contributed by atoms with van der Waals surface area (Å²) in [6, 6.07) is 4.27. The summed E-state index contributed by atoms with van der Waals surface area (Å²) in [6.07, 6.45) is 5.09. The summed E-state index contributed by atoms with van der Waals surface area (Å²) in [6.45, 7) is 0.959. The second kappa shape index (κ2) is 8.62. The predicted molar refractivity (Wildman–Crippen MR) is 129 cm³/mol. The molecule has 0 aromatic carbocycles. The number of hydrogen-bond acceptors (Lipinski definition) is 6. The van der Waals surface area contributed by atoms with Crippen LogP contribution in [0.25, 0.3) is 16.9 Å². The summed E-state index contributed by atoms with van der Waals surface area (Å²) in [7, 11) is 0. The number of nitrogens with zero attached hydrogens (tertiary/aromatic N) is 5. The maximum Gasteiger partial charge on any atom is 0.276 e. The Morgan fingerprint density at radius 1 is 1.12 bits per heavy atom. The molecule has 0 atom stereocenters. The maximum atomic E-state index is 13.4. The van der Waals surface area contributed by atoms with Crippen molar-refractivity contribution in [2.45, 2.75) is 56.6 Å². The van der Waals surface area contributed by atoms with Crippen molar-refractivity contribution in [3.8, 4) is 11.4 Å². The molecule has 3 fully saturated rings. The number of aliphatic hydroxyl groups is 1. The summed E-state index contributed by atoms with van der Waals surface area (Å²) < 4.78 is 1.71. The summed E-state index contributed by atoms with van der Waals surface area (Å²) in [5.41, 5.74) is 5.47. The molecule has 2 aliphatic carbocycles. The Balaban J connectivity index is 1.28. The van der Waals surface area contributed by atoms with Gasteiger partial charge in [-0.15, -0.1) is 11.3 Å². The topological polar surface area (TPSA) is 91.0 Å². The molecule has 3 aromatic heterocycles. The minimum Gasteiger partial charge on any atom is -0.393 e. The number of aliphatic hydroxyl groups excluding tert-OH is 1. The highest BCUT2D eigenvalue weighted by Gasteiger charge is 2.35. The van der Waals surface area contributed by atoms with Crippen LogP contribution in [0.1, 0.15) is 60.5 Å². The number of fused-ring (bicyclic) bond motifs is 1. The van der Waals surface area contributed by atoms with E-state index in [0.717, 1.165) is 49.9 Å². The first-order chi connectivity index (χ1) is 16.5. The molecular formula is C24H26ClN5O3S. The van der Waals surface area contributed by atoms with E-state index in [1.54, 1.807) is 14.9 Å². The van der Waals surface area contributed by atoms with E-state index in [1.165, 1.54) is 16.9 Å². The molecule has 34 heavy (non-hydrogen) atoms. The fraction of sp³-hybridized carbons (Fsp3) is 0.500. The van der Waals surface area contributed by atoms with E-state index >= 15 is 0 Å². The largest absolute Gasteiger partial charge is 0.393 e. The molecule has 0 spiro atoms. The Morgan fingerprint density at radius 2 is 1.91 bits per heavy atom. The fourth-order valence-electron chi connectivity index (χ4n) is 5.21. The lowest BCUT2D eigenvalue weighted by Crippen LogP contribution is -2.56. The summed E-state index contributed by atoms with van der Waals surface area (Å²) in [5, 5.41) is 16.7. The van der Waals surface area contributed by atoms with Crippen molar-refractivity contribution in [3.63, 3.8) is 0 Å². The molecule has 3 aliphatic rings. The molecule has 3 aromatic rings. The zero-order valence-corrected chi connectivity index (χ0v) is 20.3. The molecule has 178 valence electrons. The van der Waals surface area contributed by atoms with Crippen molar-refractivity contribution in [1.82, 2.24) is 24.4 Å². The van der Waals surface area contributed by atoms with Crippen LogP contribution in [-0.2, 0) is 4.79 Å². The lowest BCUT2D eigenvalue weighted by Gasteiger charge is -2.41. The van der Waals surface area contributed by atoms with Crippen LogP contribution in [0.3, 0.4) is 0 Å². The van der Waals surface area contributed by atoms with Crippen LogP contribution in [0.2, 0.25) is 5.02 Å². The van der Waals surface area contributed by atoms with Gasteiger partial charge in [-0.3, -0.25) is 9.59 Å². The number of amides is 2. The minimum absolute atomic E-state index is 0.0222. The van der Waals surface area contributed by atoms with Crippen LogP contribution in [0.15, 0.2) is 23.0 Å². The van der Waals surface area contributed by atoms with Gasteiger partial charge in [0.05, 0.1) is 33.5 Å². The van der Waals surface area contributed by atoms with Crippen LogP contribution in [0, 0.1) is 0 Å². The molecule has 8 nitrogen and oxygen atoms in total. The highest BCUT2D eigenvalue weighted by atomic mass is 35.5. The van der Waals surface area contributed by atoms with Gasteiger partial charge >= 0.3 is 0 Å². The Bertz CT molecular complexity index is 1250. The summed E-state index contributed by atoms with van der Waals surface area (Å²) in [5.74, 6) is 0.136. The number of piperazine rings is 1. The molecule has 0 bridgehead atoms. The third-order valence-corrected chi connectivity index (χ3v) is 8.25. The number of thiazole rings is 1. The number of carbonyl (C=O) groups is 2. The summed E-state index contributed by atoms with van der Waals surface area (Å²) >= 11 is 8.24. The van der Waals surface area contributed by atoms with Gasteiger partial charge in [-0.2, -0.15) is 5.10 Å². The van der Waals surface area contributed by atoms with Gasteiger partial charge in [-0.25, -0.2) is 9.50 Å². The standard InChI is InChI=1S/C24H26ClN5O3S/c25-22-20-10-15(14-1-2-14)9-19(18-12-34-13-26-18)30(20)27-23(22)24(33)28-7-8-29(21(32)11-28)16-3-5-17(31)6-4-16/h9-10,12-14,16-17,31H,1-8,11H2/t16-,17-. The van der Waals surface area contributed by atoms with E-state index in [2.05, 4.69) is 16.1 Å². The first-order valence-electron chi connectivity index (χ1n) is 11.9. The van der Waals surface area contributed by atoms with Crippen molar-refractivity contribution >= 4 is 40.3 Å². The molecule has 1 N–H and O–H groups in total. The molecule has 10 heteroatoms. The smallest absolute Gasteiger partial charge is 0.276 e. The van der Waals surface area contributed by atoms with Crippen molar-refractivity contribution in [2.75, 3.05) is 19.6 Å². The van der Waals surface area contributed by atoms with E-state index < -0.39 is 0 Å². The Morgan fingerprint density at radius 3 is 2.59 bits per heavy atom. The second-order valence-corrected chi connectivity index (χ2v) is 10.7.